The molecule has 1 aliphatic rings. The fraction of sp³-hybridized carbons (Fsp3) is 0.938. The summed E-state index contributed by atoms with van der Waals surface area (Å²) in [5, 5.41) is 3.56. The van der Waals surface area contributed by atoms with Crippen LogP contribution in [0.2, 0.25) is 0 Å². The molecule has 1 N–H and O–H groups in total. The van der Waals surface area contributed by atoms with Gasteiger partial charge in [-0.1, -0.05) is 27.7 Å². The molecule has 4 nitrogen and oxygen atoms in total. The molecule has 118 valence electrons. The monoisotopic (exact) mass is 285 g/mol. The van der Waals surface area contributed by atoms with E-state index in [1.807, 2.05) is 0 Å². The number of carbonyl (C=O) groups is 1. The minimum atomic E-state index is -0.285. The van der Waals surface area contributed by atoms with Crippen molar-refractivity contribution in [2.75, 3.05) is 26.4 Å². The van der Waals surface area contributed by atoms with Crippen molar-refractivity contribution in [1.82, 2.24) is 5.32 Å². The zero-order valence-corrected chi connectivity index (χ0v) is 13.8. The van der Waals surface area contributed by atoms with Crippen molar-refractivity contribution in [3.8, 4) is 0 Å². The zero-order valence-electron chi connectivity index (χ0n) is 13.8. The Hall–Kier alpha value is -0.610. The Morgan fingerprint density at radius 2 is 1.80 bits per heavy atom. The second kappa shape index (κ2) is 7.41. The normalized spacial score (nSPS) is 21.6. The Morgan fingerprint density at radius 1 is 1.20 bits per heavy atom. The van der Waals surface area contributed by atoms with Gasteiger partial charge >= 0.3 is 5.97 Å². The Bertz CT molecular complexity index is 297. The van der Waals surface area contributed by atoms with Crippen molar-refractivity contribution in [1.29, 1.82) is 0 Å². The number of carbonyl (C=O) groups excluding carboxylic acids is 1. The van der Waals surface area contributed by atoms with E-state index in [0.29, 0.717) is 30.1 Å². The van der Waals surface area contributed by atoms with Crippen molar-refractivity contribution >= 4 is 5.97 Å². The lowest BCUT2D eigenvalue weighted by molar-refractivity contribution is -0.148. The number of hydrogen-bond acceptors (Lipinski definition) is 4. The Balaban J connectivity index is 2.20. The molecule has 0 aromatic carbocycles. The molecule has 0 aliphatic heterocycles. The average Bonchev–Trinajstić information content (AvgIpc) is 2.24. The molecule has 1 rings (SSSR count). The highest BCUT2D eigenvalue weighted by atomic mass is 16.6. The SMILES string of the molecule is CCOC(=O)COCCNC1CC(C)(C)CC(C)(C)C1. The number of ether oxygens (including phenoxy) is 2. The molecule has 0 radical (unpaired) electrons. The van der Waals surface area contributed by atoms with Crippen LogP contribution in [0.5, 0.6) is 0 Å². The van der Waals surface area contributed by atoms with Crippen LogP contribution in [-0.2, 0) is 14.3 Å². The van der Waals surface area contributed by atoms with E-state index in [-0.39, 0.29) is 12.6 Å². The number of rotatable bonds is 7. The average molecular weight is 285 g/mol. The van der Waals surface area contributed by atoms with Crippen LogP contribution in [0.25, 0.3) is 0 Å². The van der Waals surface area contributed by atoms with E-state index in [0.717, 1.165) is 6.54 Å². The van der Waals surface area contributed by atoms with E-state index in [1.54, 1.807) is 6.92 Å². The second-order valence-corrected chi connectivity index (χ2v) is 7.42. The number of hydrogen-bond donors (Lipinski definition) is 1. The molecule has 0 unspecified atom stereocenters. The first-order valence-corrected chi connectivity index (χ1v) is 7.71. The Morgan fingerprint density at radius 3 is 2.35 bits per heavy atom. The summed E-state index contributed by atoms with van der Waals surface area (Å²) in [6, 6.07) is 0.542. The summed E-state index contributed by atoms with van der Waals surface area (Å²) in [5.74, 6) is -0.285. The van der Waals surface area contributed by atoms with Gasteiger partial charge in [-0.2, -0.15) is 0 Å². The molecule has 0 aromatic heterocycles. The molecule has 0 saturated heterocycles. The highest BCUT2D eigenvalue weighted by Crippen LogP contribution is 2.45. The fourth-order valence-corrected chi connectivity index (χ4v) is 3.68. The van der Waals surface area contributed by atoms with Gasteiger partial charge in [-0.25, -0.2) is 4.79 Å². The Labute approximate surface area is 123 Å². The van der Waals surface area contributed by atoms with E-state index >= 15 is 0 Å². The van der Waals surface area contributed by atoms with Gasteiger partial charge in [-0.05, 0) is 37.0 Å². The highest BCUT2D eigenvalue weighted by Gasteiger charge is 2.37. The molecule has 1 aliphatic carbocycles. The zero-order chi connectivity index (χ0) is 15.2. The maximum atomic E-state index is 11.1. The lowest BCUT2D eigenvalue weighted by atomic mass is 9.63. The van der Waals surface area contributed by atoms with E-state index in [2.05, 4.69) is 33.0 Å². The molecular formula is C16H31NO3. The highest BCUT2D eigenvalue weighted by molar-refractivity contribution is 5.70. The van der Waals surface area contributed by atoms with Crippen LogP contribution < -0.4 is 5.32 Å². The van der Waals surface area contributed by atoms with Crippen LogP contribution in [-0.4, -0.2) is 38.4 Å². The standard InChI is InChI=1S/C16H31NO3/c1-6-20-14(18)11-19-8-7-17-13-9-15(2,3)12-16(4,5)10-13/h13,17H,6-12H2,1-5H3. The first-order chi connectivity index (χ1) is 9.24. The van der Waals surface area contributed by atoms with Gasteiger partial charge in [-0.3, -0.25) is 0 Å². The first-order valence-electron chi connectivity index (χ1n) is 7.71. The molecular weight excluding hydrogens is 254 g/mol. The second-order valence-electron chi connectivity index (χ2n) is 7.42. The lowest BCUT2D eigenvalue weighted by Gasteiger charge is -2.45. The van der Waals surface area contributed by atoms with E-state index in [1.165, 1.54) is 19.3 Å². The largest absolute Gasteiger partial charge is 0.464 e. The summed E-state index contributed by atoms with van der Waals surface area (Å²) < 4.78 is 10.1. The van der Waals surface area contributed by atoms with Gasteiger partial charge < -0.3 is 14.8 Å². The minimum Gasteiger partial charge on any atom is -0.464 e. The lowest BCUT2D eigenvalue weighted by Crippen LogP contribution is -2.44. The molecule has 0 amide bonds. The molecule has 0 spiro atoms. The topological polar surface area (TPSA) is 47.6 Å². The summed E-state index contributed by atoms with van der Waals surface area (Å²) in [7, 11) is 0. The van der Waals surface area contributed by atoms with Crippen LogP contribution >= 0.6 is 0 Å². The smallest absolute Gasteiger partial charge is 0.332 e. The van der Waals surface area contributed by atoms with Crippen LogP contribution in [0, 0.1) is 10.8 Å². The van der Waals surface area contributed by atoms with Crippen LogP contribution in [0.15, 0.2) is 0 Å². The fourth-order valence-electron chi connectivity index (χ4n) is 3.68. The van der Waals surface area contributed by atoms with Crippen molar-refractivity contribution in [3.63, 3.8) is 0 Å². The van der Waals surface area contributed by atoms with Gasteiger partial charge in [0.25, 0.3) is 0 Å². The van der Waals surface area contributed by atoms with Crippen LogP contribution in [0.4, 0.5) is 0 Å². The molecule has 0 heterocycles. The third kappa shape index (κ3) is 6.71. The molecule has 0 atom stereocenters. The Kier molecular flexibility index (Phi) is 6.46. The predicted octanol–water partition coefficient (Wildman–Crippen LogP) is 2.76. The van der Waals surface area contributed by atoms with Crippen molar-refractivity contribution < 1.29 is 14.3 Å². The van der Waals surface area contributed by atoms with Crippen LogP contribution in [0.1, 0.15) is 53.9 Å². The third-order valence-electron chi connectivity index (χ3n) is 3.76. The van der Waals surface area contributed by atoms with E-state index in [9.17, 15) is 4.79 Å². The molecule has 4 heteroatoms. The van der Waals surface area contributed by atoms with Gasteiger partial charge in [0, 0.05) is 12.6 Å². The first kappa shape index (κ1) is 17.4. The van der Waals surface area contributed by atoms with Gasteiger partial charge in [0.05, 0.1) is 13.2 Å². The summed E-state index contributed by atoms with van der Waals surface area (Å²) in [6.45, 7) is 13.0. The summed E-state index contributed by atoms with van der Waals surface area (Å²) in [5.41, 5.74) is 0.788. The minimum absolute atomic E-state index is 0.0528. The van der Waals surface area contributed by atoms with Gasteiger partial charge in [0.1, 0.15) is 6.61 Å². The summed E-state index contributed by atoms with van der Waals surface area (Å²) in [4.78, 5) is 11.1. The van der Waals surface area contributed by atoms with Gasteiger partial charge in [0.15, 0.2) is 0 Å². The quantitative estimate of drug-likeness (QED) is 0.577. The van der Waals surface area contributed by atoms with Crippen molar-refractivity contribution in [2.24, 2.45) is 10.8 Å². The van der Waals surface area contributed by atoms with E-state index < -0.39 is 0 Å². The van der Waals surface area contributed by atoms with Crippen molar-refractivity contribution in [2.45, 2.75) is 59.9 Å². The van der Waals surface area contributed by atoms with Gasteiger partial charge in [-0.15, -0.1) is 0 Å². The van der Waals surface area contributed by atoms with Crippen molar-refractivity contribution in [3.05, 3.63) is 0 Å². The third-order valence-corrected chi connectivity index (χ3v) is 3.76. The maximum Gasteiger partial charge on any atom is 0.332 e. The molecule has 20 heavy (non-hydrogen) atoms. The number of nitrogens with one attached hydrogen (secondary N) is 1. The molecule has 1 saturated carbocycles. The molecule has 0 aromatic rings. The molecule has 0 bridgehead atoms. The van der Waals surface area contributed by atoms with E-state index in [4.69, 9.17) is 9.47 Å². The summed E-state index contributed by atoms with van der Waals surface area (Å²) >= 11 is 0. The molecule has 1 fully saturated rings. The van der Waals surface area contributed by atoms with Crippen LogP contribution in [0.3, 0.4) is 0 Å². The number of esters is 1. The predicted molar refractivity (Wildman–Crippen MR) is 80.7 cm³/mol. The van der Waals surface area contributed by atoms with Gasteiger partial charge in [0.2, 0.25) is 0 Å². The summed E-state index contributed by atoms with van der Waals surface area (Å²) in [6.07, 6.45) is 3.68. The maximum absolute atomic E-state index is 11.1.